The summed E-state index contributed by atoms with van der Waals surface area (Å²) in [4.78, 5) is 16.3. The topological polar surface area (TPSA) is 38.7 Å². The SMILES string of the molecule is CCOC(=O)C1=NCc2c(cc3cc(C(C)C)cccc2-3)C1. The molecule has 114 valence electrons. The van der Waals surface area contributed by atoms with Crippen molar-refractivity contribution in [2.75, 3.05) is 6.61 Å². The predicted octanol–water partition coefficient (Wildman–Crippen LogP) is 3.98. The lowest BCUT2D eigenvalue weighted by Crippen LogP contribution is -2.22. The molecular weight excluding hydrogens is 274 g/mol. The van der Waals surface area contributed by atoms with E-state index in [1.54, 1.807) is 0 Å². The van der Waals surface area contributed by atoms with Gasteiger partial charge in [-0.1, -0.05) is 44.2 Å². The molecule has 0 amide bonds. The first-order chi connectivity index (χ1) is 10.6. The lowest BCUT2D eigenvalue weighted by Gasteiger charge is -2.12. The number of carbonyl (C=O) groups is 1. The Labute approximate surface area is 131 Å². The molecule has 3 nitrogen and oxygen atoms in total. The second kappa shape index (κ2) is 5.91. The van der Waals surface area contributed by atoms with E-state index in [-0.39, 0.29) is 5.97 Å². The maximum atomic E-state index is 11.9. The largest absolute Gasteiger partial charge is 0.462 e. The predicted molar refractivity (Wildman–Crippen MR) is 88.6 cm³/mol. The fourth-order valence-electron chi connectivity index (χ4n) is 2.96. The van der Waals surface area contributed by atoms with Gasteiger partial charge in [0.15, 0.2) is 0 Å². The van der Waals surface area contributed by atoms with Crippen molar-refractivity contribution < 1.29 is 9.53 Å². The Morgan fingerprint density at radius 3 is 2.86 bits per heavy atom. The first-order valence-corrected chi connectivity index (χ1v) is 7.85. The molecule has 1 aliphatic heterocycles. The number of nitrogens with zero attached hydrogens (tertiary/aromatic N) is 1. The van der Waals surface area contributed by atoms with Crippen LogP contribution in [-0.2, 0) is 22.5 Å². The molecule has 0 saturated carbocycles. The van der Waals surface area contributed by atoms with Crippen LogP contribution in [0.4, 0.5) is 0 Å². The minimum atomic E-state index is -0.285. The number of carbonyl (C=O) groups excluding carboxylic acids is 1. The van der Waals surface area contributed by atoms with E-state index in [1.165, 1.54) is 27.8 Å². The molecule has 0 aromatic rings. The monoisotopic (exact) mass is 295 g/mol. The summed E-state index contributed by atoms with van der Waals surface area (Å²) >= 11 is 0. The molecule has 0 spiro atoms. The van der Waals surface area contributed by atoms with Crippen LogP contribution in [0.5, 0.6) is 0 Å². The average molecular weight is 295 g/mol. The molecule has 3 rings (SSSR count). The summed E-state index contributed by atoms with van der Waals surface area (Å²) < 4.78 is 5.07. The van der Waals surface area contributed by atoms with Crippen molar-refractivity contribution >= 4 is 11.7 Å². The number of fused-ring (bicyclic) bond motifs is 3. The molecule has 0 aromatic carbocycles. The van der Waals surface area contributed by atoms with Crippen LogP contribution in [0.15, 0.2) is 35.3 Å². The van der Waals surface area contributed by atoms with Crippen molar-refractivity contribution in [3.05, 3.63) is 47.0 Å². The summed E-state index contributed by atoms with van der Waals surface area (Å²) in [6.07, 6.45) is 0.573. The Morgan fingerprint density at radius 2 is 2.14 bits per heavy atom. The Bertz CT molecular complexity index is 716. The molecule has 0 saturated heterocycles. The fraction of sp³-hybridized carbons (Fsp3) is 0.368. The molecule has 0 fully saturated rings. The average Bonchev–Trinajstić information content (AvgIpc) is 2.69. The number of aliphatic imine (C=N–C) groups is 1. The van der Waals surface area contributed by atoms with E-state index >= 15 is 0 Å². The van der Waals surface area contributed by atoms with Gasteiger partial charge in [-0.15, -0.1) is 0 Å². The van der Waals surface area contributed by atoms with Crippen molar-refractivity contribution in [2.24, 2.45) is 4.99 Å². The molecule has 0 bridgehead atoms. The smallest absolute Gasteiger partial charge is 0.352 e. The molecule has 0 atom stereocenters. The molecule has 0 aromatic heterocycles. The summed E-state index contributed by atoms with van der Waals surface area (Å²) in [6, 6.07) is 10.9. The van der Waals surface area contributed by atoms with Crippen molar-refractivity contribution in [3.8, 4) is 11.1 Å². The third kappa shape index (κ3) is 2.63. The van der Waals surface area contributed by atoms with Crippen LogP contribution >= 0.6 is 0 Å². The first kappa shape index (κ1) is 14.8. The highest BCUT2D eigenvalue weighted by Crippen LogP contribution is 2.35. The van der Waals surface area contributed by atoms with Gasteiger partial charge in [0.1, 0.15) is 5.71 Å². The standard InChI is InChI=1S/C19H21NO2/c1-4-22-19(21)18-10-15-9-14-8-13(12(2)3)6-5-7-16(14)17(15)11-20-18/h5-9,12H,4,10-11H2,1-3H3. The number of esters is 1. The Morgan fingerprint density at radius 1 is 1.32 bits per heavy atom. The molecule has 22 heavy (non-hydrogen) atoms. The van der Waals surface area contributed by atoms with Crippen molar-refractivity contribution in [1.82, 2.24) is 0 Å². The second-order valence-corrected chi connectivity index (χ2v) is 6.00. The van der Waals surface area contributed by atoms with Gasteiger partial charge in [0.05, 0.1) is 13.2 Å². The molecular formula is C19H21NO2. The summed E-state index contributed by atoms with van der Waals surface area (Å²) in [7, 11) is 0. The molecule has 1 heterocycles. The number of hydrogen-bond donors (Lipinski definition) is 0. The molecule has 0 unspecified atom stereocenters. The van der Waals surface area contributed by atoms with Crippen LogP contribution in [0.2, 0.25) is 0 Å². The van der Waals surface area contributed by atoms with Gasteiger partial charge in [-0.05, 0) is 40.7 Å². The lowest BCUT2D eigenvalue weighted by molar-refractivity contribution is -0.135. The van der Waals surface area contributed by atoms with Gasteiger partial charge >= 0.3 is 5.97 Å². The highest BCUT2D eigenvalue weighted by atomic mass is 16.5. The molecule has 2 aliphatic carbocycles. The second-order valence-electron chi connectivity index (χ2n) is 6.00. The highest BCUT2D eigenvalue weighted by Gasteiger charge is 2.24. The fourth-order valence-corrected chi connectivity index (χ4v) is 2.96. The van der Waals surface area contributed by atoms with E-state index in [9.17, 15) is 4.79 Å². The summed E-state index contributed by atoms with van der Waals surface area (Å²) in [5, 5.41) is 0. The Hall–Kier alpha value is -2.16. The van der Waals surface area contributed by atoms with Crippen LogP contribution < -0.4 is 0 Å². The third-order valence-corrected chi connectivity index (χ3v) is 4.19. The van der Waals surface area contributed by atoms with Gasteiger partial charge in [-0.25, -0.2) is 4.79 Å². The van der Waals surface area contributed by atoms with Gasteiger partial charge in [0.2, 0.25) is 0 Å². The van der Waals surface area contributed by atoms with Crippen LogP contribution in [-0.4, -0.2) is 18.3 Å². The molecule has 0 N–H and O–H groups in total. The lowest BCUT2D eigenvalue weighted by atomic mass is 10.0. The highest BCUT2D eigenvalue weighted by molar-refractivity contribution is 6.37. The number of hydrogen-bond acceptors (Lipinski definition) is 3. The van der Waals surface area contributed by atoms with Gasteiger partial charge < -0.3 is 4.74 Å². The zero-order valence-electron chi connectivity index (χ0n) is 13.3. The maximum absolute atomic E-state index is 11.9. The first-order valence-electron chi connectivity index (χ1n) is 7.85. The van der Waals surface area contributed by atoms with Crippen LogP contribution in [0.1, 0.15) is 43.4 Å². The summed E-state index contributed by atoms with van der Waals surface area (Å²) in [5.41, 5.74) is 6.79. The third-order valence-electron chi connectivity index (χ3n) is 4.19. The Kier molecular flexibility index (Phi) is 3.97. The minimum Gasteiger partial charge on any atom is -0.462 e. The van der Waals surface area contributed by atoms with E-state index in [2.05, 4.69) is 49.2 Å². The molecule has 0 radical (unpaired) electrons. The maximum Gasteiger partial charge on any atom is 0.352 e. The quantitative estimate of drug-likeness (QED) is 0.803. The normalized spacial score (nSPS) is 13.9. The van der Waals surface area contributed by atoms with E-state index in [0.29, 0.717) is 31.2 Å². The molecule has 3 aliphatic rings. The minimum absolute atomic E-state index is 0.285. The summed E-state index contributed by atoms with van der Waals surface area (Å²) in [6.45, 7) is 7.17. The number of ether oxygens (including phenoxy) is 1. The zero-order chi connectivity index (χ0) is 15.7. The van der Waals surface area contributed by atoms with Gasteiger partial charge in [-0.2, -0.15) is 0 Å². The van der Waals surface area contributed by atoms with Crippen LogP contribution in [0.25, 0.3) is 11.1 Å². The van der Waals surface area contributed by atoms with E-state index in [0.717, 1.165) is 0 Å². The van der Waals surface area contributed by atoms with Crippen molar-refractivity contribution in [1.29, 1.82) is 0 Å². The Balaban J connectivity index is 1.98. The van der Waals surface area contributed by atoms with E-state index in [4.69, 9.17) is 4.74 Å². The zero-order valence-corrected chi connectivity index (χ0v) is 13.3. The van der Waals surface area contributed by atoms with Crippen molar-refractivity contribution in [3.63, 3.8) is 0 Å². The number of rotatable bonds is 3. The van der Waals surface area contributed by atoms with Crippen LogP contribution in [0, 0.1) is 0 Å². The van der Waals surface area contributed by atoms with Crippen LogP contribution in [0.3, 0.4) is 0 Å². The van der Waals surface area contributed by atoms with Gasteiger partial charge in [0, 0.05) is 6.42 Å². The summed E-state index contributed by atoms with van der Waals surface area (Å²) in [5.74, 6) is 0.209. The van der Waals surface area contributed by atoms with E-state index in [1.807, 2.05) is 6.92 Å². The van der Waals surface area contributed by atoms with Crippen molar-refractivity contribution in [2.45, 2.75) is 39.7 Å². The van der Waals surface area contributed by atoms with E-state index < -0.39 is 0 Å². The molecule has 3 heteroatoms. The van der Waals surface area contributed by atoms with Gasteiger partial charge in [0.25, 0.3) is 0 Å². The van der Waals surface area contributed by atoms with Gasteiger partial charge in [-0.3, -0.25) is 4.99 Å².